The summed E-state index contributed by atoms with van der Waals surface area (Å²) in [5.41, 5.74) is 6.76. The van der Waals surface area contributed by atoms with Gasteiger partial charge in [0.05, 0.1) is 5.69 Å². The number of hydrogen-bond donors (Lipinski definition) is 0. The standard InChI is InChI=1S/C31H32F3N3O2/c1-3-27-30(37-19-14-21(2)20-29(37)35-27)28(38)13-6-22-4-9-25(10-5-22)36-17-15-24(16-18-36)23-7-11-26(12-8-23)39-31(32,33)34/h4-5,7-12,14,19-20,24H,3,6,13,15-18H2,1-2H3. The van der Waals surface area contributed by atoms with Gasteiger partial charge in [0.1, 0.15) is 17.1 Å². The van der Waals surface area contributed by atoms with Crippen LogP contribution in [0.4, 0.5) is 18.9 Å². The van der Waals surface area contributed by atoms with Gasteiger partial charge in [0.2, 0.25) is 0 Å². The van der Waals surface area contributed by atoms with Crippen LogP contribution in [0.15, 0.2) is 66.9 Å². The van der Waals surface area contributed by atoms with Gasteiger partial charge in [0.25, 0.3) is 0 Å². The molecule has 1 fully saturated rings. The Hall–Kier alpha value is -3.81. The molecule has 0 atom stereocenters. The number of carbonyl (C=O) groups excluding carboxylic acids is 1. The van der Waals surface area contributed by atoms with Crippen LogP contribution in [-0.2, 0) is 12.8 Å². The van der Waals surface area contributed by atoms with Crippen molar-refractivity contribution in [2.75, 3.05) is 18.0 Å². The van der Waals surface area contributed by atoms with Crippen LogP contribution in [0.5, 0.6) is 5.75 Å². The summed E-state index contributed by atoms with van der Waals surface area (Å²) in [6.07, 6.45) is 0.904. The van der Waals surface area contributed by atoms with E-state index in [2.05, 4.69) is 38.9 Å². The van der Waals surface area contributed by atoms with Crippen LogP contribution < -0.4 is 9.64 Å². The highest BCUT2D eigenvalue weighted by atomic mass is 19.4. The van der Waals surface area contributed by atoms with Gasteiger partial charge in [-0.05, 0) is 91.6 Å². The third kappa shape index (κ3) is 6.27. The molecule has 0 bridgehead atoms. The predicted molar refractivity (Wildman–Crippen MR) is 146 cm³/mol. The molecule has 0 amide bonds. The number of carbonyl (C=O) groups is 1. The van der Waals surface area contributed by atoms with Crippen molar-refractivity contribution in [1.82, 2.24) is 9.38 Å². The van der Waals surface area contributed by atoms with E-state index in [9.17, 15) is 18.0 Å². The molecule has 1 aliphatic heterocycles. The topological polar surface area (TPSA) is 46.8 Å². The number of ketones is 1. The molecule has 2 aromatic heterocycles. The lowest BCUT2D eigenvalue weighted by atomic mass is 9.89. The summed E-state index contributed by atoms with van der Waals surface area (Å²) in [4.78, 5) is 20.2. The smallest absolute Gasteiger partial charge is 0.406 e. The highest BCUT2D eigenvalue weighted by Crippen LogP contribution is 2.32. The van der Waals surface area contributed by atoms with Crippen molar-refractivity contribution in [2.45, 2.75) is 58.2 Å². The molecule has 0 spiro atoms. The zero-order valence-electron chi connectivity index (χ0n) is 22.2. The molecule has 1 saturated heterocycles. The van der Waals surface area contributed by atoms with Crippen LogP contribution in [-0.4, -0.2) is 34.6 Å². The number of halogens is 3. The molecule has 1 aliphatic rings. The van der Waals surface area contributed by atoms with Gasteiger partial charge in [0.15, 0.2) is 5.78 Å². The Morgan fingerprint density at radius 1 is 1.03 bits per heavy atom. The Kier molecular flexibility index (Phi) is 7.64. The second kappa shape index (κ2) is 11.1. The summed E-state index contributed by atoms with van der Waals surface area (Å²) >= 11 is 0. The lowest BCUT2D eigenvalue weighted by Gasteiger charge is -2.34. The molecular weight excluding hydrogens is 503 g/mol. The fourth-order valence-corrected chi connectivity index (χ4v) is 5.40. The number of aromatic nitrogens is 2. The Bertz CT molecular complexity index is 1440. The van der Waals surface area contributed by atoms with Crippen LogP contribution in [0.3, 0.4) is 0 Å². The highest BCUT2D eigenvalue weighted by Gasteiger charge is 2.31. The zero-order chi connectivity index (χ0) is 27.6. The molecule has 5 rings (SSSR count). The highest BCUT2D eigenvalue weighted by molar-refractivity contribution is 5.96. The molecule has 3 heterocycles. The monoisotopic (exact) mass is 535 g/mol. The van der Waals surface area contributed by atoms with Crippen LogP contribution in [0.25, 0.3) is 5.65 Å². The van der Waals surface area contributed by atoms with Crippen molar-refractivity contribution >= 4 is 17.1 Å². The van der Waals surface area contributed by atoms with E-state index in [1.807, 2.05) is 36.6 Å². The molecule has 5 nitrogen and oxygen atoms in total. The maximum atomic E-state index is 13.2. The Balaban J connectivity index is 1.15. The normalized spacial score (nSPS) is 14.6. The van der Waals surface area contributed by atoms with E-state index in [0.29, 0.717) is 30.9 Å². The first-order valence-corrected chi connectivity index (χ1v) is 13.4. The molecule has 8 heteroatoms. The second-order valence-corrected chi connectivity index (χ2v) is 10.2. The predicted octanol–water partition coefficient (Wildman–Crippen LogP) is 7.30. The lowest BCUT2D eigenvalue weighted by molar-refractivity contribution is -0.274. The summed E-state index contributed by atoms with van der Waals surface area (Å²) in [5.74, 6) is 0.222. The van der Waals surface area contributed by atoms with Gasteiger partial charge in [-0.25, -0.2) is 4.98 Å². The summed E-state index contributed by atoms with van der Waals surface area (Å²) < 4.78 is 43.1. The van der Waals surface area contributed by atoms with Crippen molar-refractivity contribution in [3.05, 3.63) is 94.9 Å². The number of aryl methyl sites for hydroxylation is 3. The maximum Gasteiger partial charge on any atom is 0.573 e. The molecule has 0 N–H and O–H groups in total. The van der Waals surface area contributed by atoms with Gasteiger partial charge in [-0.1, -0.05) is 31.2 Å². The van der Waals surface area contributed by atoms with Gasteiger partial charge < -0.3 is 9.64 Å². The van der Waals surface area contributed by atoms with Crippen molar-refractivity contribution in [3.63, 3.8) is 0 Å². The molecular formula is C31H32F3N3O2. The average molecular weight is 536 g/mol. The van der Waals surface area contributed by atoms with Crippen molar-refractivity contribution in [2.24, 2.45) is 0 Å². The number of pyridine rings is 1. The number of rotatable bonds is 8. The molecule has 204 valence electrons. The second-order valence-electron chi connectivity index (χ2n) is 10.2. The molecule has 0 unspecified atom stereocenters. The minimum absolute atomic E-state index is 0.104. The van der Waals surface area contributed by atoms with Crippen molar-refractivity contribution in [1.29, 1.82) is 0 Å². The first kappa shape index (κ1) is 26.8. The number of nitrogens with zero attached hydrogens (tertiary/aromatic N) is 3. The number of piperidine rings is 1. The van der Waals surface area contributed by atoms with Gasteiger partial charge in [-0.15, -0.1) is 13.2 Å². The SMILES string of the molecule is CCc1nc2cc(C)ccn2c1C(=O)CCc1ccc(N2CCC(c3ccc(OC(F)(F)F)cc3)CC2)cc1. The fourth-order valence-electron chi connectivity index (χ4n) is 5.40. The number of Topliss-reactive ketones (excluding diaryl/α,β-unsaturated/α-hetero) is 1. The van der Waals surface area contributed by atoms with E-state index in [4.69, 9.17) is 0 Å². The van der Waals surface area contributed by atoms with Gasteiger partial charge >= 0.3 is 6.36 Å². The molecule has 0 radical (unpaired) electrons. The van der Waals surface area contributed by atoms with Crippen LogP contribution in [0.1, 0.15) is 65.0 Å². The van der Waals surface area contributed by atoms with Crippen LogP contribution >= 0.6 is 0 Å². The van der Waals surface area contributed by atoms with E-state index in [-0.39, 0.29) is 11.5 Å². The zero-order valence-corrected chi connectivity index (χ0v) is 22.2. The Labute approximate surface area is 226 Å². The summed E-state index contributed by atoms with van der Waals surface area (Å²) in [7, 11) is 0. The van der Waals surface area contributed by atoms with Crippen LogP contribution in [0.2, 0.25) is 0 Å². The largest absolute Gasteiger partial charge is 0.573 e. The van der Waals surface area contributed by atoms with E-state index in [0.717, 1.165) is 59.7 Å². The minimum atomic E-state index is -4.68. The number of alkyl halides is 3. The fraction of sp³-hybridized carbons (Fsp3) is 0.355. The van der Waals surface area contributed by atoms with Crippen molar-refractivity contribution in [3.8, 4) is 5.75 Å². The summed E-state index contributed by atoms with van der Waals surface area (Å²) in [6, 6.07) is 18.6. The number of ether oxygens (including phenoxy) is 1. The molecule has 2 aromatic carbocycles. The summed E-state index contributed by atoms with van der Waals surface area (Å²) in [6.45, 7) is 5.79. The molecule has 39 heavy (non-hydrogen) atoms. The quantitative estimate of drug-likeness (QED) is 0.222. The third-order valence-corrected chi connectivity index (χ3v) is 7.48. The van der Waals surface area contributed by atoms with Gasteiger partial charge in [0, 0.05) is 31.4 Å². The van der Waals surface area contributed by atoms with E-state index >= 15 is 0 Å². The number of anilines is 1. The van der Waals surface area contributed by atoms with Crippen LogP contribution in [0, 0.1) is 6.92 Å². The first-order valence-electron chi connectivity index (χ1n) is 13.4. The lowest BCUT2D eigenvalue weighted by Crippen LogP contribution is -2.32. The number of benzene rings is 2. The third-order valence-electron chi connectivity index (χ3n) is 7.48. The number of fused-ring (bicyclic) bond motifs is 1. The Morgan fingerprint density at radius 2 is 1.72 bits per heavy atom. The number of hydrogen-bond acceptors (Lipinski definition) is 4. The molecule has 0 saturated carbocycles. The molecule has 4 aromatic rings. The van der Waals surface area contributed by atoms with E-state index in [1.165, 1.54) is 12.1 Å². The van der Waals surface area contributed by atoms with E-state index in [1.54, 1.807) is 12.1 Å². The first-order chi connectivity index (χ1) is 18.7. The Morgan fingerprint density at radius 3 is 2.36 bits per heavy atom. The van der Waals surface area contributed by atoms with Crippen molar-refractivity contribution < 1.29 is 22.7 Å². The molecule has 0 aliphatic carbocycles. The maximum absolute atomic E-state index is 13.2. The van der Waals surface area contributed by atoms with Gasteiger partial charge in [-0.2, -0.15) is 0 Å². The number of imidazole rings is 1. The van der Waals surface area contributed by atoms with E-state index < -0.39 is 6.36 Å². The van der Waals surface area contributed by atoms with Gasteiger partial charge in [-0.3, -0.25) is 9.20 Å². The average Bonchev–Trinajstić information content (AvgIpc) is 3.29. The summed E-state index contributed by atoms with van der Waals surface area (Å²) in [5, 5.41) is 0. The minimum Gasteiger partial charge on any atom is -0.406 e.